The molecule has 0 aliphatic heterocycles. The Morgan fingerprint density at radius 1 is 1.58 bits per heavy atom. The Hall–Kier alpha value is -0.590. The Labute approximate surface area is 74.7 Å². The van der Waals surface area contributed by atoms with Crippen LogP contribution < -0.4 is 5.32 Å². The quantitative estimate of drug-likeness (QED) is 0.650. The van der Waals surface area contributed by atoms with Crippen molar-refractivity contribution in [1.29, 1.82) is 5.26 Å². The van der Waals surface area contributed by atoms with E-state index < -0.39 is 0 Å². The van der Waals surface area contributed by atoms with Gasteiger partial charge in [-0.05, 0) is 13.0 Å². The van der Waals surface area contributed by atoms with Crippen molar-refractivity contribution < 1.29 is 4.74 Å². The summed E-state index contributed by atoms with van der Waals surface area (Å²) in [5.74, 6) is 0.256. The molecule has 0 aliphatic rings. The highest BCUT2D eigenvalue weighted by Gasteiger charge is 2.14. The molecule has 2 atom stereocenters. The molecule has 3 heteroatoms. The molecule has 1 N–H and O–H groups in total. The van der Waals surface area contributed by atoms with E-state index in [2.05, 4.69) is 18.3 Å². The molecule has 0 bridgehead atoms. The normalized spacial score (nSPS) is 15.2. The smallest absolute Gasteiger partial charge is 0.100 e. The Morgan fingerprint density at radius 3 is 2.67 bits per heavy atom. The van der Waals surface area contributed by atoms with E-state index in [-0.39, 0.29) is 12.0 Å². The maximum atomic E-state index is 8.78. The fourth-order valence-corrected chi connectivity index (χ4v) is 1.03. The molecule has 3 nitrogen and oxygen atoms in total. The van der Waals surface area contributed by atoms with Crippen molar-refractivity contribution in [3.63, 3.8) is 0 Å². The SMILES string of the molecule is CCCNC(C#N)C(C)COC. The Balaban J connectivity index is 3.73. The van der Waals surface area contributed by atoms with Gasteiger partial charge in [-0.2, -0.15) is 5.26 Å². The van der Waals surface area contributed by atoms with Crippen LogP contribution in [0.2, 0.25) is 0 Å². The number of rotatable bonds is 6. The van der Waals surface area contributed by atoms with Crippen molar-refractivity contribution >= 4 is 0 Å². The van der Waals surface area contributed by atoms with Gasteiger partial charge in [0.1, 0.15) is 6.04 Å². The van der Waals surface area contributed by atoms with Gasteiger partial charge in [-0.25, -0.2) is 0 Å². The lowest BCUT2D eigenvalue weighted by molar-refractivity contribution is 0.149. The molecular weight excluding hydrogens is 152 g/mol. The summed E-state index contributed by atoms with van der Waals surface area (Å²) in [5.41, 5.74) is 0. The van der Waals surface area contributed by atoms with Gasteiger partial charge < -0.3 is 10.1 Å². The maximum Gasteiger partial charge on any atom is 0.100 e. The molecule has 0 saturated carbocycles. The van der Waals surface area contributed by atoms with Gasteiger partial charge in [0.15, 0.2) is 0 Å². The van der Waals surface area contributed by atoms with Gasteiger partial charge in [0.25, 0.3) is 0 Å². The third kappa shape index (κ3) is 4.32. The van der Waals surface area contributed by atoms with Gasteiger partial charge >= 0.3 is 0 Å². The zero-order chi connectivity index (χ0) is 9.40. The molecule has 0 aromatic rings. The van der Waals surface area contributed by atoms with E-state index in [0.717, 1.165) is 13.0 Å². The van der Waals surface area contributed by atoms with Gasteiger partial charge in [-0.15, -0.1) is 0 Å². The minimum atomic E-state index is -0.0788. The Bertz CT molecular complexity index is 142. The van der Waals surface area contributed by atoms with Crippen molar-refractivity contribution in [1.82, 2.24) is 5.32 Å². The molecule has 0 heterocycles. The van der Waals surface area contributed by atoms with E-state index in [1.165, 1.54) is 0 Å². The van der Waals surface area contributed by atoms with Crippen molar-refractivity contribution in [2.75, 3.05) is 20.3 Å². The third-order valence-electron chi connectivity index (χ3n) is 1.75. The minimum Gasteiger partial charge on any atom is -0.384 e. The Morgan fingerprint density at radius 2 is 2.25 bits per heavy atom. The van der Waals surface area contributed by atoms with Crippen molar-refractivity contribution in [2.24, 2.45) is 5.92 Å². The largest absolute Gasteiger partial charge is 0.384 e. The van der Waals surface area contributed by atoms with Gasteiger partial charge in [-0.1, -0.05) is 13.8 Å². The number of methoxy groups -OCH3 is 1. The van der Waals surface area contributed by atoms with Gasteiger partial charge in [-0.3, -0.25) is 0 Å². The zero-order valence-corrected chi connectivity index (χ0v) is 8.13. The number of nitriles is 1. The van der Waals surface area contributed by atoms with Crippen LogP contribution in [0.1, 0.15) is 20.3 Å². The van der Waals surface area contributed by atoms with E-state index in [1.54, 1.807) is 7.11 Å². The molecule has 0 spiro atoms. The van der Waals surface area contributed by atoms with Crippen LogP contribution in [0.5, 0.6) is 0 Å². The molecule has 0 radical (unpaired) electrons. The van der Waals surface area contributed by atoms with Crippen LogP contribution in [-0.2, 0) is 4.74 Å². The number of hydrogen-bond donors (Lipinski definition) is 1. The second kappa shape index (κ2) is 7.08. The average molecular weight is 170 g/mol. The number of hydrogen-bond acceptors (Lipinski definition) is 3. The molecule has 0 aromatic heterocycles. The van der Waals surface area contributed by atoms with Crippen molar-refractivity contribution in [3.8, 4) is 6.07 Å². The molecule has 0 aromatic carbocycles. The van der Waals surface area contributed by atoms with Gasteiger partial charge in [0, 0.05) is 13.0 Å². The summed E-state index contributed by atoms with van der Waals surface area (Å²) in [4.78, 5) is 0. The summed E-state index contributed by atoms with van der Waals surface area (Å²) in [6, 6.07) is 2.15. The lowest BCUT2D eigenvalue weighted by Crippen LogP contribution is -2.36. The fraction of sp³-hybridized carbons (Fsp3) is 0.889. The van der Waals surface area contributed by atoms with Crippen LogP contribution in [0.15, 0.2) is 0 Å². The van der Waals surface area contributed by atoms with Crippen molar-refractivity contribution in [2.45, 2.75) is 26.3 Å². The molecule has 2 unspecified atom stereocenters. The second-order valence-corrected chi connectivity index (χ2v) is 2.99. The molecule has 0 rings (SSSR count). The van der Waals surface area contributed by atoms with Crippen LogP contribution in [0.4, 0.5) is 0 Å². The summed E-state index contributed by atoms with van der Waals surface area (Å²) in [6.07, 6.45) is 1.05. The number of nitrogens with one attached hydrogen (secondary N) is 1. The summed E-state index contributed by atoms with van der Waals surface area (Å²) < 4.78 is 4.98. The molecule has 70 valence electrons. The van der Waals surface area contributed by atoms with E-state index >= 15 is 0 Å². The molecule has 0 aliphatic carbocycles. The van der Waals surface area contributed by atoms with Crippen LogP contribution in [0.3, 0.4) is 0 Å². The number of nitrogens with zero attached hydrogens (tertiary/aromatic N) is 1. The predicted octanol–water partition coefficient (Wildman–Crippen LogP) is 1.16. The second-order valence-electron chi connectivity index (χ2n) is 2.99. The zero-order valence-electron chi connectivity index (χ0n) is 8.13. The highest BCUT2D eigenvalue weighted by molar-refractivity contribution is 4.93. The lowest BCUT2D eigenvalue weighted by Gasteiger charge is -2.17. The molecule has 0 fully saturated rings. The monoisotopic (exact) mass is 170 g/mol. The standard InChI is InChI=1S/C9H18N2O/c1-4-5-11-9(6-10)8(2)7-12-3/h8-9,11H,4-5,7H2,1-3H3. The molecule has 0 amide bonds. The highest BCUT2D eigenvalue weighted by atomic mass is 16.5. The summed E-state index contributed by atoms with van der Waals surface area (Å²) in [5, 5.41) is 11.9. The highest BCUT2D eigenvalue weighted by Crippen LogP contribution is 2.02. The Kier molecular flexibility index (Phi) is 6.73. The summed E-state index contributed by atoms with van der Waals surface area (Å²) in [6.45, 7) is 5.63. The van der Waals surface area contributed by atoms with E-state index in [4.69, 9.17) is 10.00 Å². The first-order chi connectivity index (χ1) is 5.76. The van der Waals surface area contributed by atoms with Crippen LogP contribution in [0, 0.1) is 17.2 Å². The average Bonchev–Trinajstić information content (AvgIpc) is 2.06. The molecular formula is C9H18N2O. The van der Waals surface area contributed by atoms with E-state index in [0.29, 0.717) is 6.61 Å². The summed E-state index contributed by atoms with van der Waals surface area (Å²) >= 11 is 0. The summed E-state index contributed by atoms with van der Waals surface area (Å²) in [7, 11) is 1.66. The number of ether oxygens (including phenoxy) is 1. The fourth-order valence-electron chi connectivity index (χ4n) is 1.03. The van der Waals surface area contributed by atoms with Crippen molar-refractivity contribution in [3.05, 3.63) is 0 Å². The first kappa shape index (κ1) is 11.4. The first-order valence-electron chi connectivity index (χ1n) is 4.38. The van der Waals surface area contributed by atoms with Gasteiger partial charge in [0.2, 0.25) is 0 Å². The van der Waals surface area contributed by atoms with Crippen LogP contribution >= 0.6 is 0 Å². The third-order valence-corrected chi connectivity index (χ3v) is 1.75. The van der Waals surface area contributed by atoms with Gasteiger partial charge in [0.05, 0.1) is 12.7 Å². The molecule has 0 saturated heterocycles. The van der Waals surface area contributed by atoms with Crippen LogP contribution in [0.25, 0.3) is 0 Å². The van der Waals surface area contributed by atoms with Crippen LogP contribution in [-0.4, -0.2) is 26.3 Å². The topological polar surface area (TPSA) is 45.0 Å². The predicted molar refractivity (Wildman–Crippen MR) is 48.7 cm³/mol. The molecule has 12 heavy (non-hydrogen) atoms. The van der Waals surface area contributed by atoms with E-state index in [9.17, 15) is 0 Å². The maximum absolute atomic E-state index is 8.78. The van der Waals surface area contributed by atoms with E-state index in [1.807, 2.05) is 6.92 Å². The first-order valence-corrected chi connectivity index (χ1v) is 4.38. The lowest BCUT2D eigenvalue weighted by atomic mass is 10.0. The minimum absolute atomic E-state index is 0.0788.